The molecule has 1 aromatic heterocycles. The van der Waals surface area contributed by atoms with Crippen molar-refractivity contribution >= 4 is 17.6 Å². The van der Waals surface area contributed by atoms with E-state index in [2.05, 4.69) is 0 Å². The third-order valence-corrected chi connectivity index (χ3v) is 4.60. The number of aromatic nitrogens is 2. The Balaban J connectivity index is 2.38. The molecule has 25 heavy (non-hydrogen) atoms. The Hall–Kier alpha value is -2.18. The molecule has 7 nitrogen and oxygen atoms in total. The zero-order valence-corrected chi connectivity index (χ0v) is 15.9. The van der Waals surface area contributed by atoms with E-state index in [1.165, 1.54) is 6.92 Å². The maximum Gasteiger partial charge on any atom is 0.222 e. The molecule has 138 valence electrons. The Morgan fingerprint density at radius 3 is 2.56 bits per heavy atom. The standard InChI is InChI=1S/C18H29N5O2/c1-6-17(25)23-10-8-7-9-15(23)18-19-14(12-22(5)13(2)24)11-16(20-18)21(3)4/h11,15H,6-10,12H2,1-5H3/t15-/m0/s1. The highest BCUT2D eigenvalue weighted by molar-refractivity contribution is 5.76. The quantitative estimate of drug-likeness (QED) is 0.815. The smallest absolute Gasteiger partial charge is 0.222 e. The van der Waals surface area contributed by atoms with E-state index in [1.807, 2.05) is 36.9 Å². The lowest BCUT2D eigenvalue weighted by molar-refractivity contribution is -0.135. The average Bonchev–Trinajstić information content (AvgIpc) is 2.60. The zero-order valence-electron chi connectivity index (χ0n) is 15.9. The van der Waals surface area contributed by atoms with Crippen LogP contribution >= 0.6 is 0 Å². The lowest BCUT2D eigenvalue weighted by Gasteiger charge is -2.35. The molecular weight excluding hydrogens is 318 g/mol. The molecule has 1 saturated heterocycles. The van der Waals surface area contributed by atoms with E-state index >= 15 is 0 Å². The van der Waals surface area contributed by atoms with Crippen molar-refractivity contribution in [1.82, 2.24) is 19.8 Å². The third-order valence-electron chi connectivity index (χ3n) is 4.60. The molecule has 7 heteroatoms. The number of hydrogen-bond acceptors (Lipinski definition) is 5. The van der Waals surface area contributed by atoms with Crippen LogP contribution in [0, 0.1) is 0 Å². The number of hydrogen-bond donors (Lipinski definition) is 0. The predicted molar refractivity (Wildman–Crippen MR) is 97.1 cm³/mol. The SMILES string of the molecule is CCC(=O)N1CCCC[C@H]1c1nc(CN(C)C(C)=O)cc(N(C)C)n1. The molecule has 1 aliphatic rings. The van der Waals surface area contributed by atoms with Gasteiger partial charge in [0.1, 0.15) is 5.82 Å². The summed E-state index contributed by atoms with van der Waals surface area (Å²) in [6.07, 6.45) is 3.46. The van der Waals surface area contributed by atoms with Crippen molar-refractivity contribution in [2.75, 3.05) is 32.6 Å². The number of carbonyl (C=O) groups excluding carboxylic acids is 2. The molecule has 2 rings (SSSR count). The minimum atomic E-state index is -0.0810. The summed E-state index contributed by atoms with van der Waals surface area (Å²) in [4.78, 5) is 38.7. The van der Waals surface area contributed by atoms with Crippen molar-refractivity contribution in [3.05, 3.63) is 17.6 Å². The van der Waals surface area contributed by atoms with E-state index in [9.17, 15) is 9.59 Å². The van der Waals surface area contributed by atoms with E-state index in [1.54, 1.807) is 11.9 Å². The number of piperidine rings is 1. The van der Waals surface area contributed by atoms with Crippen molar-refractivity contribution in [3.8, 4) is 0 Å². The monoisotopic (exact) mass is 347 g/mol. The summed E-state index contributed by atoms with van der Waals surface area (Å²) >= 11 is 0. The topological polar surface area (TPSA) is 69.6 Å². The molecule has 1 aromatic rings. The maximum absolute atomic E-state index is 12.3. The molecule has 0 radical (unpaired) electrons. The van der Waals surface area contributed by atoms with Crippen LogP contribution in [-0.2, 0) is 16.1 Å². The lowest BCUT2D eigenvalue weighted by atomic mass is 10.0. The van der Waals surface area contributed by atoms with E-state index in [-0.39, 0.29) is 17.9 Å². The van der Waals surface area contributed by atoms with Gasteiger partial charge in [-0.2, -0.15) is 0 Å². The van der Waals surface area contributed by atoms with Crippen LogP contribution in [0.2, 0.25) is 0 Å². The highest BCUT2D eigenvalue weighted by Crippen LogP contribution is 2.30. The first-order chi connectivity index (χ1) is 11.8. The predicted octanol–water partition coefficient (Wildman–Crippen LogP) is 1.98. The van der Waals surface area contributed by atoms with Crippen molar-refractivity contribution < 1.29 is 9.59 Å². The van der Waals surface area contributed by atoms with E-state index < -0.39 is 0 Å². The van der Waals surface area contributed by atoms with Gasteiger partial charge >= 0.3 is 0 Å². The molecule has 1 atom stereocenters. The number of carbonyl (C=O) groups is 2. The first kappa shape index (κ1) is 19.1. The van der Waals surface area contributed by atoms with Crippen LogP contribution in [0.15, 0.2) is 6.07 Å². The summed E-state index contributed by atoms with van der Waals surface area (Å²) < 4.78 is 0. The van der Waals surface area contributed by atoms with Gasteiger partial charge in [0.2, 0.25) is 11.8 Å². The second-order valence-electron chi connectivity index (χ2n) is 6.80. The molecule has 0 saturated carbocycles. The van der Waals surface area contributed by atoms with Crippen LogP contribution in [0.3, 0.4) is 0 Å². The Morgan fingerprint density at radius 2 is 1.96 bits per heavy atom. The van der Waals surface area contributed by atoms with E-state index in [0.717, 1.165) is 37.3 Å². The van der Waals surface area contributed by atoms with E-state index in [0.29, 0.717) is 18.8 Å². The van der Waals surface area contributed by atoms with Crippen molar-refractivity contribution in [3.63, 3.8) is 0 Å². The number of nitrogens with zero attached hydrogens (tertiary/aromatic N) is 5. The van der Waals surface area contributed by atoms with Crippen LogP contribution in [-0.4, -0.2) is 59.3 Å². The van der Waals surface area contributed by atoms with Crippen LogP contribution in [0.5, 0.6) is 0 Å². The number of rotatable bonds is 5. The van der Waals surface area contributed by atoms with Crippen LogP contribution in [0.25, 0.3) is 0 Å². The molecule has 0 aromatic carbocycles. The summed E-state index contributed by atoms with van der Waals surface area (Å²) in [6, 6.07) is 1.82. The van der Waals surface area contributed by atoms with Gasteiger partial charge in [0.05, 0.1) is 18.3 Å². The minimum absolute atomic E-state index is 0.00739. The Bertz CT molecular complexity index is 632. The molecule has 0 aliphatic carbocycles. The van der Waals surface area contributed by atoms with Gasteiger partial charge in [-0.3, -0.25) is 9.59 Å². The Morgan fingerprint density at radius 1 is 1.24 bits per heavy atom. The fourth-order valence-electron chi connectivity index (χ4n) is 3.02. The molecule has 0 bridgehead atoms. The zero-order chi connectivity index (χ0) is 18.6. The summed E-state index contributed by atoms with van der Waals surface area (Å²) in [5.74, 6) is 1.61. The van der Waals surface area contributed by atoms with Crippen LogP contribution in [0.1, 0.15) is 57.1 Å². The summed E-state index contributed by atoms with van der Waals surface area (Å²) in [5.41, 5.74) is 0.792. The highest BCUT2D eigenvalue weighted by Gasteiger charge is 2.30. The molecular formula is C18H29N5O2. The highest BCUT2D eigenvalue weighted by atomic mass is 16.2. The first-order valence-electron chi connectivity index (χ1n) is 8.89. The van der Waals surface area contributed by atoms with Crippen LogP contribution in [0.4, 0.5) is 5.82 Å². The second-order valence-corrected chi connectivity index (χ2v) is 6.80. The fourth-order valence-corrected chi connectivity index (χ4v) is 3.02. The molecule has 2 heterocycles. The second kappa shape index (κ2) is 8.27. The van der Waals surface area contributed by atoms with Gasteiger partial charge in [-0.15, -0.1) is 0 Å². The van der Waals surface area contributed by atoms with Crippen molar-refractivity contribution in [1.29, 1.82) is 0 Å². The maximum atomic E-state index is 12.3. The molecule has 0 spiro atoms. The van der Waals surface area contributed by atoms with Gasteiger partial charge in [-0.1, -0.05) is 6.92 Å². The molecule has 0 N–H and O–H groups in total. The number of anilines is 1. The van der Waals surface area contributed by atoms with Gasteiger partial charge in [0.15, 0.2) is 5.82 Å². The van der Waals surface area contributed by atoms with Crippen LogP contribution < -0.4 is 4.90 Å². The van der Waals surface area contributed by atoms with E-state index in [4.69, 9.17) is 9.97 Å². The summed E-state index contributed by atoms with van der Waals surface area (Å²) in [7, 11) is 5.62. The van der Waals surface area contributed by atoms with Gasteiger partial charge in [0, 0.05) is 47.1 Å². The molecule has 1 aliphatic heterocycles. The lowest BCUT2D eigenvalue weighted by Crippen LogP contribution is -2.39. The average molecular weight is 347 g/mol. The molecule has 0 unspecified atom stereocenters. The van der Waals surface area contributed by atoms with Gasteiger partial charge < -0.3 is 14.7 Å². The van der Waals surface area contributed by atoms with Gasteiger partial charge in [-0.05, 0) is 19.3 Å². The Kier molecular flexibility index (Phi) is 6.33. The van der Waals surface area contributed by atoms with Crippen molar-refractivity contribution in [2.45, 2.75) is 52.1 Å². The Labute approximate surface area is 150 Å². The summed E-state index contributed by atoms with van der Waals surface area (Å²) in [5, 5.41) is 0. The third kappa shape index (κ3) is 4.67. The summed E-state index contributed by atoms with van der Waals surface area (Å²) in [6.45, 7) is 4.62. The van der Waals surface area contributed by atoms with Crippen molar-refractivity contribution in [2.24, 2.45) is 0 Å². The molecule has 1 fully saturated rings. The largest absolute Gasteiger partial charge is 0.363 e. The fraction of sp³-hybridized carbons (Fsp3) is 0.667. The van der Waals surface area contributed by atoms with Gasteiger partial charge in [0.25, 0.3) is 0 Å². The van der Waals surface area contributed by atoms with Gasteiger partial charge in [-0.25, -0.2) is 9.97 Å². The molecule has 2 amide bonds. The normalized spacial score (nSPS) is 17.3. The first-order valence-corrected chi connectivity index (χ1v) is 8.89. The minimum Gasteiger partial charge on any atom is -0.363 e. The number of likely N-dealkylation sites (tertiary alicyclic amines) is 1. The number of amides is 2.